The van der Waals surface area contributed by atoms with Crippen LogP contribution < -0.4 is 11.3 Å². The first-order valence-corrected chi connectivity index (χ1v) is 8.04. The monoisotopic (exact) mass is 303 g/mol. The van der Waals surface area contributed by atoms with E-state index in [0.717, 1.165) is 24.1 Å². The summed E-state index contributed by atoms with van der Waals surface area (Å²) in [5.41, 5.74) is 8.99. The van der Waals surface area contributed by atoms with Gasteiger partial charge in [0.25, 0.3) is 5.56 Å². The van der Waals surface area contributed by atoms with Crippen LogP contribution in [-0.2, 0) is 6.42 Å². The average molecular weight is 303 g/mol. The van der Waals surface area contributed by atoms with Crippen LogP contribution >= 0.6 is 11.8 Å². The molecular weight excluding hydrogens is 282 g/mol. The van der Waals surface area contributed by atoms with Crippen LogP contribution in [0.25, 0.3) is 0 Å². The number of benzene rings is 1. The summed E-state index contributed by atoms with van der Waals surface area (Å²) >= 11 is 1.51. The Balaban J connectivity index is 2.22. The Morgan fingerprint density at radius 1 is 1.33 bits per heavy atom. The number of aromatic amines is 1. The number of rotatable bonds is 6. The van der Waals surface area contributed by atoms with Gasteiger partial charge in [0.05, 0.1) is 0 Å². The molecule has 0 bridgehead atoms. The van der Waals surface area contributed by atoms with Crippen LogP contribution in [0.4, 0.5) is 0 Å². The molecule has 0 spiro atoms. The highest BCUT2D eigenvalue weighted by atomic mass is 32.2. The molecule has 2 aromatic rings. The van der Waals surface area contributed by atoms with Crippen molar-refractivity contribution in [2.45, 2.75) is 37.1 Å². The zero-order valence-electron chi connectivity index (χ0n) is 12.4. The Bertz CT molecular complexity index is 637. The molecule has 0 saturated heterocycles. The van der Waals surface area contributed by atoms with Crippen molar-refractivity contribution < 1.29 is 0 Å². The lowest BCUT2D eigenvalue weighted by Crippen LogP contribution is -2.13. The summed E-state index contributed by atoms with van der Waals surface area (Å²) in [6.07, 6.45) is 1.79. The normalized spacial score (nSPS) is 12.3. The van der Waals surface area contributed by atoms with Crippen LogP contribution in [0.5, 0.6) is 0 Å². The first kappa shape index (κ1) is 15.8. The lowest BCUT2D eigenvalue weighted by Gasteiger charge is -2.14. The third-order valence-electron chi connectivity index (χ3n) is 3.20. The molecule has 1 aromatic heterocycles. The zero-order valence-corrected chi connectivity index (χ0v) is 13.2. The lowest BCUT2D eigenvalue weighted by atomic mass is 10.1. The van der Waals surface area contributed by atoms with Gasteiger partial charge >= 0.3 is 0 Å². The average Bonchev–Trinajstić information content (AvgIpc) is 2.45. The molecule has 4 nitrogen and oxygen atoms in total. The zero-order chi connectivity index (χ0) is 15.2. The molecule has 1 aromatic carbocycles. The second-order valence-electron chi connectivity index (χ2n) is 5.04. The molecule has 1 heterocycles. The largest absolute Gasteiger partial charge is 0.329 e. The molecule has 0 radical (unpaired) electrons. The molecule has 5 heteroatoms. The van der Waals surface area contributed by atoms with Crippen molar-refractivity contribution in [1.82, 2.24) is 9.97 Å². The van der Waals surface area contributed by atoms with E-state index in [1.54, 1.807) is 6.07 Å². The van der Waals surface area contributed by atoms with E-state index in [0.29, 0.717) is 11.7 Å². The molecule has 0 aliphatic rings. The third kappa shape index (κ3) is 4.44. The Hall–Kier alpha value is -1.59. The van der Waals surface area contributed by atoms with Gasteiger partial charge in [0, 0.05) is 23.6 Å². The summed E-state index contributed by atoms with van der Waals surface area (Å²) in [6.45, 7) is 4.63. The quantitative estimate of drug-likeness (QED) is 0.636. The predicted molar refractivity (Wildman–Crippen MR) is 87.7 cm³/mol. The SMILES string of the molecule is CCCc1cc(=O)[nH]c(SC(CN)c2ccc(C)cc2)n1. The summed E-state index contributed by atoms with van der Waals surface area (Å²) in [4.78, 5) is 19.0. The minimum absolute atomic E-state index is 0.0885. The fourth-order valence-electron chi connectivity index (χ4n) is 2.09. The van der Waals surface area contributed by atoms with Crippen LogP contribution in [0, 0.1) is 6.92 Å². The molecule has 2 rings (SSSR count). The van der Waals surface area contributed by atoms with Gasteiger partial charge < -0.3 is 10.7 Å². The molecule has 0 aliphatic carbocycles. The number of hydrogen-bond acceptors (Lipinski definition) is 4. The highest BCUT2D eigenvalue weighted by molar-refractivity contribution is 7.99. The molecule has 0 amide bonds. The van der Waals surface area contributed by atoms with E-state index in [9.17, 15) is 4.79 Å². The van der Waals surface area contributed by atoms with E-state index in [2.05, 4.69) is 48.1 Å². The van der Waals surface area contributed by atoms with Crippen molar-refractivity contribution in [3.8, 4) is 0 Å². The third-order valence-corrected chi connectivity index (χ3v) is 4.36. The van der Waals surface area contributed by atoms with Crippen molar-refractivity contribution in [1.29, 1.82) is 0 Å². The summed E-state index contributed by atoms with van der Waals surface area (Å²) in [7, 11) is 0. The molecule has 112 valence electrons. The van der Waals surface area contributed by atoms with Crippen molar-refractivity contribution >= 4 is 11.8 Å². The molecule has 3 N–H and O–H groups in total. The molecule has 0 saturated carbocycles. The number of nitrogens with two attached hydrogens (primary N) is 1. The van der Waals surface area contributed by atoms with Crippen LogP contribution in [0.2, 0.25) is 0 Å². The number of H-pyrrole nitrogens is 1. The minimum Gasteiger partial charge on any atom is -0.329 e. The Morgan fingerprint density at radius 3 is 2.67 bits per heavy atom. The van der Waals surface area contributed by atoms with Gasteiger partial charge in [0.15, 0.2) is 5.16 Å². The van der Waals surface area contributed by atoms with Crippen LogP contribution in [0.1, 0.15) is 35.4 Å². The molecule has 1 unspecified atom stereocenters. The standard InChI is InChI=1S/C16H21N3OS/c1-3-4-13-9-15(20)19-16(18-13)21-14(10-17)12-7-5-11(2)6-8-12/h5-9,14H,3-4,10,17H2,1-2H3,(H,18,19,20). The highest BCUT2D eigenvalue weighted by Gasteiger charge is 2.13. The Labute approximate surface area is 129 Å². The fraction of sp³-hybridized carbons (Fsp3) is 0.375. The van der Waals surface area contributed by atoms with Gasteiger partial charge in [-0.15, -0.1) is 0 Å². The van der Waals surface area contributed by atoms with E-state index in [1.165, 1.54) is 17.3 Å². The number of aromatic nitrogens is 2. The number of thioether (sulfide) groups is 1. The highest BCUT2D eigenvalue weighted by Crippen LogP contribution is 2.32. The maximum absolute atomic E-state index is 11.7. The maximum Gasteiger partial charge on any atom is 0.251 e. The molecule has 1 atom stereocenters. The molecule has 0 aliphatic heterocycles. The predicted octanol–water partition coefficient (Wildman–Crippen LogP) is 2.82. The van der Waals surface area contributed by atoms with E-state index < -0.39 is 0 Å². The van der Waals surface area contributed by atoms with Crippen LogP contribution in [-0.4, -0.2) is 16.5 Å². The van der Waals surface area contributed by atoms with Crippen molar-refractivity contribution in [2.75, 3.05) is 6.54 Å². The number of aryl methyl sites for hydroxylation is 2. The second-order valence-corrected chi connectivity index (χ2v) is 6.24. The summed E-state index contributed by atoms with van der Waals surface area (Å²) in [5.74, 6) is 0. The number of nitrogens with zero attached hydrogens (tertiary/aromatic N) is 1. The van der Waals surface area contributed by atoms with Gasteiger partial charge in [0.2, 0.25) is 0 Å². The van der Waals surface area contributed by atoms with Crippen molar-refractivity contribution in [3.63, 3.8) is 0 Å². The summed E-state index contributed by atoms with van der Waals surface area (Å²) in [6, 6.07) is 9.86. The van der Waals surface area contributed by atoms with Crippen LogP contribution in [0.15, 0.2) is 40.3 Å². The maximum atomic E-state index is 11.7. The molecule has 21 heavy (non-hydrogen) atoms. The van der Waals surface area contributed by atoms with E-state index >= 15 is 0 Å². The lowest BCUT2D eigenvalue weighted by molar-refractivity contribution is 0.810. The van der Waals surface area contributed by atoms with E-state index in [4.69, 9.17) is 5.73 Å². The number of hydrogen-bond donors (Lipinski definition) is 2. The Kier molecular flexibility index (Phi) is 5.59. The summed E-state index contributed by atoms with van der Waals surface area (Å²) in [5, 5.41) is 0.729. The van der Waals surface area contributed by atoms with Gasteiger partial charge in [-0.25, -0.2) is 4.98 Å². The summed E-state index contributed by atoms with van der Waals surface area (Å²) < 4.78 is 0. The first-order valence-electron chi connectivity index (χ1n) is 7.16. The minimum atomic E-state index is -0.101. The van der Waals surface area contributed by atoms with Gasteiger partial charge in [-0.2, -0.15) is 0 Å². The fourth-order valence-corrected chi connectivity index (χ4v) is 3.08. The second kappa shape index (κ2) is 7.43. The van der Waals surface area contributed by atoms with Gasteiger partial charge in [-0.3, -0.25) is 4.79 Å². The van der Waals surface area contributed by atoms with E-state index in [-0.39, 0.29) is 10.8 Å². The van der Waals surface area contributed by atoms with Crippen molar-refractivity contribution in [3.05, 3.63) is 57.5 Å². The number of nitrogens with one attached hydrogen (secondary N) is 1. The van der Waals surface area contributed by atoms with Crippen LogP contribution in [0.3, 0.4) is 0 Å². The van der Waals surface area contributed by atoms with Gasteiger partial charge in [-0.1, -0.05) is 54.9 Å². The topological polar surface area (TPSA) is 71.8 Å². The van der Waals surface area contributed by atoms with Gasteiger partial charge in [0.1, 0.15) is 0 Å². The molecular formula is C16H21N3OS. The molecule has 0 fully saturated rings. The van der Waals surface area contributed by atoms with E-state index in [1.807, 2.05) is 0 Å². The smallest absolute Gasteiger partial charge is 0.251 e. The van der Waals surface area contributed by atoms with Gasteiger partial charge in [-0.05, 0) is 18.9 Å². The van der Waals surface area contributed by atoms with Crippen molar-refractivity contribution in [2.24, 2.45) is 5.73 Å². The first-order chi connectivity index (χ1) is 10.1. The Morgan fingerprint density at radius 2 is 2.05 bits per heavy atom.